The van der Waals surface area contributed by atoms with Crippen LogP contribution in [-0.4, -0.2) is 32.3 Å². The molecule has 0 saturated carbocycles. The summed E-state index contributed by atoms with van der Waals surface area (Å²) in [6, 6.07) is 14.2. The van der Waals surface area contributed by atoms with Crippen LogP contribution in [0.3, 0.4) is 0 Å². The fourth-order valence-electron chi connectivity index (χ4n) is 4.21. The van der Waals surface area contributed by atoms with E-state index < -0.39 is 0 Å². The van der Waals surface area contributed by atoms with Gasteiger partial charge in [0.2, 0.25) is 11.9 Å². The maximum absolute atomic E-state index is 13.1. The van der Waals surface area contributed by atoms with Crippen molar-refractivity contribution in [1.82, 2.24) is 19.9 Å². The molecule has 4 rings (SSSR count). The van der Waals surface area contributed by atoms with Crippen LogP contribution in [0, 0.1) is 19.7 Å². The highest BCUT2D eigenvalue weighted by Crippen LogP contribution is 2.32. The zero-order chi connectivity index (χ0) is 22.5. The van der Waals surface area contributed by atoms with Gasteiger partial charge in [0.1, 0.15) is 11.6 Å². The van der Waals surface area contributed by atoms with Gasteiger partial charge < -0.3 is 10.2 Å². The van der Waals surface area contributed by atoms with Gasteiger partial charge in [-0.1, -0.05) is 18.2 Å². The van der Waals surface area contributed by atoms with Crippen molar-refractivity contribution in [3.05, 3.63) is 77.0 Å². The van der Waals surface area contributed by atoms with Gasteiger partial charge >= 0.3 is 0 Å². The van der Waals surface area contributed by atoms with E-state index >= 15 is 0 Å². The molecule has 0 spiro atoms. The van der Waals surface area contributed by atoms with Crippen LogP contribution in [0.2, 0.25) is 0 Å². The third-order valence-corrected chi connectivity index (χ3v) is 5.68. The Labute approximate surface area is 187 Å². The predicted octanol–water partition coefficient (Wildman–Crippen LogP) is 5.06. The van der Waals surface area contributed by atoms with Crippen LogP contribution in [0.25, 0.3) is 0 Å². The molecule has 0 unspecified atom stereocenters. The Bertz CT molecular complexity index is 1070. The summed E-state index contributed by atoms with van der Waals surface area (Å²) in [5, 5.41) is 3.19. The van der Waals surface area contributed by atoms with Gasteiger partial charge in [0.25, 0.3) is 0 Å². The second-order valence-electron chi connectivity index (χ2n) is 8.27. The average molecular weight is 434 g/mol. The van der Waals surface area contributed by atoms with E-state index in [1.54, 1.807) is 12.1 Å². The van der Waals surface area contributed by atoms with Crippen LogP contribution >= 0.6 is 0 Å². The molecule has 1 N–H and O–H groups in total. The summed E-state index contributed by atoms with van der Waals surface area (Å²) in [4.78, 5) is 28.5. The van der Waals surface area contributed by atoms with Crippen molar-refractivity contribution in [3.8, 4) is 0 Å². The molecular formula is C25H28FN5O. The molecule has 7 heteroatoms. The van der Waals surface area contributed by atoms with Crippen LogP contribution in [0.5, 0.6) is 0 Å². The largest absolute Gasteiger partial charge is 0.334 e. The van der Waals surface area contributed by atoms with Gasteiger partial charge in [-0.3, -0.25) is 4.79 Å². The number of nitrogens with one attached hydrogen (secondary N) is 1. The van der Waals surface area contributed by atoms with Gasteiger partial charge in [-0.15, -0.1) is 0 Å². The number of likely N-dealkylation sites (tertiary alicyclic amines) is 1. The third kappa shape index (κ3) is 5.46. The number of halogens is 1. The van der Waals surface area contributed by atoms with E-state index in [1.807, 2.05) is 43.0 Å². The van der Waals surface area contributed by atoms with Crippen molar-refractivity contribution >= 4 is 17.7 Å². The normalized spacial score (nSPS) is 15.7. The zero-order valence-corrected chi connectivity index (χ0v) is 18.5. The van der Waals surface area contributed by atoms with Crippen molar-refractivity contribution in [2.24, 2.45) is 0 Å². The first kappa shape index (κ1) is 21.9. The van der Waals surface area contributed by atoms with E-state index in [-0.39, 0.29) is 17.8 Å². The molecule has 0 bridgehead atoms. The molecule has 0 aliphatic carbocycles. The van der Waals surface area contributed by atoms with E-state index in [0.717, 1.165) is 54.9 Å². The number of anilines is 2. The summed E-state index contributed by atoms with van der Waals surface area (Å²) in [7, 11) is 0. The van der Waals surface area contributed by atoms with Crippen molar-refractivity contribution < 1.29 is 9.18 Å². The molecule has 0 radical (unpaired) electrons. The van der Waals surface area contributed by atoms with Gasteiger partial charge in [-0.25, -0.2) is 19.3 Å². The van der Waals surface area contributed by atoms with Gasteiger partial charge in [0.05, 0.1) is 11.7 Å². The zero-order valence-electron chi connectivity index (χ0n) is 18.5. The molecule has 1 fully saturated rings. The maximum Gasteiger partial charge on any atom is 0.228 e. The average Bonchev–Trinajstić information content (AvgIpc) is 3.25. The predicted molar refractivity (Wildman–Crippen MR) is 122 cm³/mol. The van der Waals surface area contributed by atoms with E-state index in [4.69, 9.17) is 4.98 Å². The first-order valence-corrected chi connectivity index (χ1v) is 11.1. The lowest BCUT2D eigenvalue weighted by atomic mass is 10.1. The van der Waals surface area contributed by atoms with E-state index in [1.165, 1.54) is 12.1 Å². The minimum atomic E-state index is -0.238. The minimum Gasteiger partial charge on any atom is -0.334 e. The molecule has 3 heterocycles. The number of rotatable bonds is 7. The number of benzene rings is 1. The van der Waals surface area contributed by atoms with E-state index in [0.29, 0.717) is 18.2 Å². The number of nitrogens with zero attached hydrogens (tertiary/aromatic N) is 4. The highest BCUT2D eigenvalue weighted by molar-refractivity contribution is 5.77. The Balaban J connectivity index is 1.39. The Morgan fingerprint density at radius 2 is 1.84 bits per heavy atom. The number of carbonyl (C=O) groups excluding carboxylic acids is 1. The van der Waals surface area contributed by atoms with Crippen molar-refractivity contribution in [2.75, 3.05) is 11.9 Å². The summed E-state index contributed by atoms with van der Waals surface area (Å²) in [6.07, 6.45) is 3.85. The standard InChI is InChI=1S/C25H28FN5O/c1-17-16-18(2)28-25(27-17)30-23-9-4-7-21(29-23)22-8-5-15-31(22)24(32)10-3-6-19-11-13-20(26)14-12-19/h4,7,9,11-14,16,22H,3,5-6,8,10,15H2,1-2H3,(H,27,28,29,30)/t22-/m0/s1. The summed E-state index contributed by atoms with van der Waals surface area (Å²) in [6.45, 7) is 4.61. The molecule has 1 atom stereocenters. The maximum atomic E-state index is 13.1. The van der Waals surface area contributed by atoms with Crippen LogP contribution in [0.1, 0.15) is 54.4 Å². The lowest BCUT2D eigenvalue weighted by molar-refractivity contribution is -0.132. The SMILES string of the molecule is Cc1cc(C)nc(Nc2cccc([C@@H]3CCCN3C(=O)CCCc3ccc(F)cc3)n2)n1. The molecule has 2 aromatic heterocycles. The molecular weight excluding hydrogens is 405 g/mol. The summed E-state index contributed by atoms with van der Waals surface area (Å²) in [5.41, 5.74) is 3.71. The molecule has 1 aliphatic rings. The lowest BCUT2D eigenvalue weighted by Gasteiger charge is -2.25. The van der Waals surface area contributed by atoms with Crippen LogP contribution in [0.15, 0.2) is 48.5 Å². The summed E-state index contributed by atoms with van der Waals surface area (Å²) >= 11 is 0. The highest BCUT2D eigenvalue weighted by Gasteiger charge is 2.30. The molecule has 6 nitrogen and oxygen atoms in total. The molecule has 166 valence electrons. The van der Waals surface area contributed by atoms with Crippen molar-refractivity contribution in [1.29, 1.82) is 0 Å². The lowest BCUT2D eigenvalue weighted by Crippen LogP contribution is -2.30. The molecule has 1 aliphatic heterocycles. The number of carbonyl (C=O) groups is 1. The molecule has 3 aromatic rings. The topological polar surface area (TPSA) is 71.0 Å². The number of hydrogen-bond acceptors (Lipinski definition) is 5. The minimum absolute atomic E-state index is 0.0183. The number of aromatic nitrogens is 3. The Hall–Kier alpha value is -3.35. The fraction of sp³-hybridized carbons (Fsp3) is 0.360. The van der Waals surface area contributed by atoms with Gasteiger partial charge in [0.15, 0.2) is 0 Å². The number of pyridine rings is 1. The second-order valence-corrected chi connectivity index (χ2v) is 8.27. The number of amides is 1. The summed E-state index contributed by atoms with van der Waals surface area (Å²) in [5.74, 6) is 1.10. The fourth-order valence-corrected chi connectivity index (χ4v) is 4.21. The van der Waals surface area contributed by atoms with Crippen LogP contribution < -0.4 is 5.32 Å². The summed E-state index contributed by atoms with van der Waals surface area (Å²) < 4.78 is 13.1. The molecule has 32 heavy (non-hydrogen) atoms. The number of aryl methyl sites for hydroxylation is 3. The first-order chi connectivity index (χ1) is 15.5. The smallest absolute Gasteiger partial charge is 0.228 e. The van der Waals surface area contributed by atoms with Crippen molar-refractivity contribution in [2.45, 2.75) is 52.0 Å². The number of hydrogen-bond donors (Lipinski definition) is 1. The Morgan fingerprint density at radius 1 is 1.09 bits per heavy atom. The second kappa shape index (κ2) is 9.85. The van der Waals surface area contributed by atoms with E-state index in [9.17, 15) is 9.18 Å². The molecule has 1 amide bonds. The monoisotopic (exact) mass is 433 g/mol. The molecule has 1 saturated heterocycles. The van der Waals surface area contributed by atoms with Crippen LogP contribution in [0.4, 0.5) is 16.2 Å². The van der Waals surface area contributed by atoms with Gasteiger partial charge in [0, 0.05) is 24.4 Å². The highest BCUT2D eigenvalue weighted by atomic mass is 19.1. The quantitative estimate of drug-likeness (QED) is 0.564. The molecule has 1 aromatic carbocycles. The van der Waals surface area contributed by atoms with Crippen LogP contribution in [-0.2, 0) is 11.2 Å². The van der Waals surface area contributed by atoms with Gasteiger partial charge in [-0.05, 0) is 75.4 Å². The van der Waals surface area contributed by atoms with E-state index in [2.05, 4.69) is 15.3 Å². The van der Waals surface area contributed by atoms with Gasteiger partial charge in [-0.2, -0.15) is 0 Å². The Kier molecular flexibility index (Phi) is 6.73. The van der Waals surface area contributed by atoms with Crippen molar-refractivity contribution in [3.63, 3.8) is 0 Å². The third-order valence-electron chi connectivity index (χ3n) is 5.68. The Morgan fingerprint density at radius 3 is 2.59 bits per heavy atom. The first-order valence-electron chi connectivity index (χ1n) is 11.1.